The molecule has 0 fully saturated rings. The lowest BCUT2D eigenvalue weighted by Crippen LogP contribution is -2.25. The van der Waals surface area contributed by atoms with E-state index in [9.17, 15) is 8.42 Å². The third-order valence-corrected chi connectivity index (χ3v) is 5.30. The second-order valence-corrected chi connectivity index (χ2v) is 7.76. The van der Waals surface area contributed by atoms with Crippen molar-refractivity contribution in [2.75, 3.05) is 12.3 Å². The second kappa shape index (κ2) is 8.02. The second-order valence-electron chi connectivity index (χ2n) is 4.73. The van der Waals surface area contributed by atoms with Gasteiger partial charge in [-0.05, 0) is 44.5 Å². The molecule has 0 radical (unpaired) electrons. The Morgan fingerprint density at radius 2 is 2.05 bits per heavy atom. The summed E-state index contributed by atoms with van der Waals surface area (Å²) >= 11 is 3.30. The molecule has 1 aromatic carbocycles. The maximum absolute atomic E-state index is 12.1. The summed E-state index contributed by atoms with van der Waals surface area (Å²) in [7, 11) is -3.14. The summed E-state index contributed by atoms with van der Waals surface area (Å²) in [6, 6.07) is 7.36. The highest BCUT2D eigenvalue weighted by molar-refractivity contribution is 9.10. The van der Waals surface area contributed by atoms with Crippen molar-refractivity contribution in [2.45, 2.75) is 44.0 Å². The number of hydrogen-bond acceptors (Lipinski definition) is 3. The summed E-state index contributed by atoms with van der Waals surface area (Å²) in [4.78, 5) is 0.404. The van der Waals surface area contributed by atoms with Crippen molar-refractivity contribution < 1.29 is 8.42 Å². The molecule has 0 spiro atoms. The van der Waals surface area contributed by atoms with E-state index in [0.717, 1.165) is 23.9 Å². The first-order valence-corrected chi connectivity index (χ1v) is 9.12. The van der Waals surface area contributed by atoms with Crippen molar-refractivity contribution >= 4 is 25.8 Å². The van der Waals surface area contributed by atoms with Crippen LogP contribution in [0.3, 0.4) is 0 Å². The normalized spacial score (nSPS) is 13.4. The Labute approximate surface area is 124 Å². The molecule has 1 unspecified atom stereocenters. The van der Waals surface area contributed by atoms with Crippen molar-refractivity contribution in [1.29, 1.82) is 0 Å². The lowest BCUT2D eigenvalue weighted by molar-refractivity contribution is 0.507. The SMILES string of the molecule is CCNC(C)CCCCS(=O)(=O)c1cccc(Br)c1. The summed E-state index contributed by atoms with van der Waals surface area (Å²) in [6.07, 6.45) is 2.66. The molecule has 1 aromatic rings. The predicted octanol–water partition coefficient (Wildman–Crippen LogP) is 3.39. The van der Waals surface area contributed by atoms with Crippen molar-refractivity contribution in [3.05, 3.63) is 28.7 Å². The van der Waals surface area contributed by atoms with Crippen LogP contribution in [0, 0.1) is 0 Å². The highest BCUT2D eigenvalue weighted by Crippen LogP contribution is 2.18. The Bertz CT molecular complexity index is 488. The zero-order valence-corrected chi connectivity index (χ0v) is 13.9. The Kier molecular flexibility index (Phi) is 7.04. The van der Waals surface area contributed by atoms with Crippen LogP contribution in [-0.2, 0) is 9.84 Å². The summed E-state index contributed by atoms with van der Waals surface area (Å²) in [5.74, 6) is 0.225. The van der Waals surface area contributed by atoms with E-state index < -0.39 is 9.84 Å². The Hall–Kier alpha value is -0.390. The van der Waals surface area contributed by atoms with E-state index in [1.165, 1.54) is 0 Å². The van der Waals surface area contributed by atoms with Gasteiger partial charge < -0.3 is 5.32 Å². The number of halogens is 1. The van der Waals surface area contributed by atoms with Gasteiger partial charge in [0.1, 0.15) is 0 Å². The van der Waals surface area contributed by atoms with Crippen LogP contribution in [0.15, 0.2) is 33.6 Å². The monoisotopic (exact) mass is 347 g/mol. The lowest BCUT2D eigenvalue weighted by Gasteiger charge is -2.11. The molecule has 0 amide bonds. The molecule has 3 nitrogen and oxygen atoms in total. The number of nitrogens with one attached hydrogen (secondary N) is 1. The molecule has 0 aliphatic heterocycles. The molecule has 0 aromatic heterocycles. The molecule has 0 aliphatic carbocycles. The topological polar surface area (TPSA) is 46.2 Å². The molecule has 1 N–H and O–H groups in total. The van der Waals surface area contributed by atoms with E-state index >= 15 is 0 Å². The quantitative estimate of drug-likeness (QED) is 0.733. The Morgan fingerprint density at radius 3 is 2.68 bits per heavy atom. The minimum atomic E-state index is -3.14. The lowest BCUT2D eigenvalue weighted by atomic mass is 10.1. The molecule has 5 heteroatoms. The van der Waals surface area contributed by atoms with Crippen LogP contribution in [0.4, 0.5) is 0 Å². The molecular formula is C14H22BrNO2S. The highest BCUT2D eigenvalue weighted by atomic mass is 79.9. The Balaban J connectivity index is 2.44. The minimum Gasteiger partial charge on any atom is -0.315 e. The predicted molar refractivity (Wildman–Crippen MR) is 83.2 cm³/mol. The molecule has 108 valence electrons. The van der Waals surface area contributed by atoms with Gasteiger partial charge in [0.05, 0.1) is 10.6 Å². The summed E-state index contributed by atoms with van der Waals surface area (Å²) < 4.78 is 25.0. The summed E-state index contributed by atoms with van der Waals surface area (Å²) in [6.45, 7) is 5.16. The fraction of sp³-hybridized carbons (Fsp3) is 0.571. The summed E-state index contributed by atoms with van der Waals surface area (Å²) in [5.41, 5.74) is 0. The average molecular weight is 348 g/mol. The third-order valence-electron chi connectivity index (χ3n) is 3.01. The number of sulfone groups is 1. The molecule has 0 heterocycles. The maximum atomic E-state index is 12.1. The molecule has 1 atom stereocenters. The van der Waals surface area contributed by atoms with Crippen molar-refractivity contribution in [2.24, 2.45) is 0 Å². The molecule has 0 saturated carbocycles. The van der Waals surface area contributed by atoms with E-state index in [1.807, 2.05) is 6.07 Å². The van der Waals surface area contributed by atoms with Crippen LogP contribution in [-0.4, -0.2) is 26.8 Å². The summed E-state index contributed by atoms with van der Waals surface area (Å²) in [5, 5.41) is 3.33. The van der Waals surface area contributed by atoms with Crippen LogP contribution in [0.1, 0.15) is 33.1 Å². The van der Waals surface area contributed by atoms with Gasteiger partial charge in [0.25, 0.3) is 0 Å². The number of benzene rings is 1. The highest BCUT2D eigenvalue weighted by Gasteiger charge is 2.14. The van der Waals surface area contributed by atoms with E-state index in [-0.39, 0.29) is 5.75 Å². The number of hydrogen-bond donors (Lipinski definition) is 1. The van der Waals surface area contributed by atoms with E-state index in [0.29, 0.717) is 17.4 Å². The molecule has 19 heavy (non-hydrogen) atoms. The molecular weight excluding hydrogens is 326 g/mol. The van der Waals surface area contributed by atoms with Crippen LogP contribution >= 0.6 is 15.9 Å². The first kappa shape index (κ1) is 16.7. The van der Waals surface area contributed by atoms with Gasteiger partial charge in [0, 0.05) is 10.5 Å². The first-order valence-electron chi connectivity index (χ1n) is 6.67. The minimum absolute atomic E-state index is 0.225. The van der Waals surface area contributed by atoms with Crippen LogP contribution in [0.5, 0.6) is 0 Å². The van der Waals surface area contributed by atoms with Gasteiger partial charge in [0.2, 0.25) is 0 Å². The van der Waals surface area contributed by atoms with Crippen LogP contribution in [0.25, 0.3) is 0 Å². The zero-order valence-electron chi connectivity index (χ0n) is 11.5. The van der Waals surface area contributed by atoms with Crippen molar-refractivity contribution in [3.63, 3.8) is 0 Å². The van der Waals surface area contributed by atoms with Gasteiger partial charge in [-0.3, -0.25) is 0 Å². The van der Waals surface area contributed by atoms with Gasteiger partial charge in [-0.1, -0.05) is 35.3 Å². The van der Waals surface area contributed by atoms with Crippen molar-refractivity contribution in [1.82, 2.24) is 5.32 Å². The van der Waals surface area contributed by atoms with Gasteiger partial charge in [-0.15, -0.1) is 0 Å². The average Bonchev–Trinajstić information content (AvgIpc) is 2.35. The van der Waals surface area contributed by atoms with Crippen LogP contribution < -0.4 is 5.32 Å². The molecule has 0 aliphatic rings. The Morgan fingerprint density at radius 1 is 1.32 bits per heavy atom. The molecule has 0 bridgehead atoms. The fourth-order valence-corrected chi connectivity index (χ4v) is 3.93. The van der Waals surface area contributed by atoms with Gasteiger partial charge >= 0.3 is 0 Å². The van der Waals surface area contributed by atoms with Crippen LogP contribution in [0.2, 0.25) is 0 Å². The third kappa shape index (κ3) is 6.06. The smallest absolute Gasteiger partial charge is 0.178 e. The van der Waals surface area contributed by atoms with Gasteiger partial charge in [-0.2, -0.15) is 0 Å². The maximum Gasteiger partial charge on any atom is 0.178 e. The number of rotatable bonds is 8. The largest absolute Gasteiger partial charge is 0.315 e. The first-order chi connectivity index (χ1) is 8.95. The molecule has 0 saturated heterocycles. The van der Waals surface area contributed by atoms with Gasteiger partial charge in [0.15, 0.2) is 9.84 Å². The fourth-order valence-electron chi connectivity index (χ4n) is 1.97. The standard InChI is InChI=1S/C14H22BrNO2S/c1-3-16-12(2)7-4-5-10-19(17,18)14-9-6-8-13(15)11-14/h6,8-9,11-12,16H,3-5,7,10H2,1-2H3. The molecule has 1 rings (SSSR count). The zero-order chi connectivity index (χ0) is 14.3. The number of unbranched alkanes of at least 4 members (excludes halogenated alkanes) is 1. The van der Waals surface area contributed by atoms with E-state index in [2.05, 4.69) is 35.1 Å². The van der Waals surface area contributed by atoms with E-state index in [1.54, 1.807) is 18.2 Å². The van der Waals surface area contributed by atoms with E-state index in [4.69, 9.17) is 0 Å². The van der Waals surface area contributed by atoms with Gasteiger partial charge in [-0.25, -0.2) is 8.42 Å². The van der Waals surface area contributed by atoms with Crippen molar-refractivity contribution in [3.8, 4) is 0 Å².